The number of urea groups is 1. The third-order valence-corrected chi connectivity index (χ3v) is 3.55. The number of aliphatic carboxylic acids is 1. The van der Waals surface area contributed by atoms with E-state index in [0.717, 1.165) is 12.8 Å². The molecule has 0 aliphatic heterocycles. The minimum atomic E-state index is -0.996. The molecule has 3 N–H and O–H groups in total. The topological polar surface area (TPSA) is 78.4 Å². The Morgan fingerprint density at radius 3 is 2.25 bits per heavy atom. The van der Waals surface area contributed by atoms with E-state index in [4.69, 9.17) is 5.11 Å². The van der Waals surface area contributed by atoms with Crippen LogP contribution in [-0.2, 0) is 4.79 Å². The van der Waals surface area contributed by atoms with Gasteiger partial charge in [0.1, 0.15) is 5.54 Å². The normalized spacial score (nSPS) is 22.4. The molecule has 0 atom stereocenters. The van der Waals surface area contributed by atoms with Crippen LogP contribution in [-0.4, -0.2) is 28.2 Å². The zero-order valence-electron chi connectivity index (χ0n) is 9.67. The summed E-state index contributed by atoms with van der Waals surface area (Å²) in [7, 11) is 0. The van der Waals surface area contributed by atoms with Crippen molar-refractivity contribution in [3.8, 4) is 0 Å². The Balaban J connectivity index is 1.87. The number of carbonyl (C=O) groups is 2. The lowest BCUT2D eigenvalue weighted by Crippen LogP contribution is -2.54. The van der Waals surface area contributed by atoms with Crippen LogP contribution >= 0.6 is 0 Å². The summed E-state index contributed by atoms with van der Waals surface area (Å²) < 4.78 is 0. The number of carboxylic acid groups (broad SMARTS) is 1. The van der Waals surface area contributed by atoms with Crippen LogP contribution in [0.25, 0.3) is 0 Å². The van der Waals surface area contributed by atoms with Crippen LogP contribution in [0.5, 0.6) is 0 Å². The summed E-state index contributed by atoms with van der Waals surface area (Å²) in [6.07, 6.45) is 3.33. The molecule has 2 aliphatic rings. The molecule has 0 unspecified atom stereocenters. The third-order valence-electron chi connectivity index (χ3n) is 3.55. The molecular weight excluding hydrogens is 208 g/mol. The largest absolute Gasteiger partial charge is 0.480 e. The summed E-state index contributed by atoms with van der Waals surface area (Å²) in [5.74, 6) is -0.412. The van der Waals surface area contributed by atoms with Gasteiger partial charge in [-0.3, -0.25) is 0 Å². The Kier molecular flexibility index (Phi) is 2.36. The van der Waals surface area contributed by atoms with E-state index >= 15 is 0 Å². The van der Waals surface area contributed by atoms with Gasteiger partial charge in [-0.1, -0.05) is 0 Å². The molecule has 5 nitrogen and oxygen atoms in total. The average Bonchev–Trinajstić information content (AvgIpc) is 2.98. The Morgan fingerprint density at radius 2 is 1.88 bits per heavy atom. The van der Waals surface area contributed by atoms with Crippen LogP contribution < -0.4 is 10.6 Å². The second-order valence-corrected chi connectivity index (χ2v) is 5.46. The van der Waals surface area contributed by atoms with Gasteiger partial charge in [-0.05, 0) is 45.4 Å². The van der Waals surface area contributed by atoms with E-state index in [2.05, 4.69) is 10.6 Å². The predicted octanol–water partition coefficient (Wildman–Crippen LogP) is 1.09. The SMILES string of the molecule is CC(C)(NC(=O)NC1(C(=O)O)CC1)C1CC1. The fourth-order valence-electron chi connectivity index (χ4n) is 1.97. The van der Waals surface area contributed by atoms with E-state index in [-0.39, 0.29) is 11.6 Å². The van der Waals surface area contributed by atoms with Crippen molar-refractivity contribution in [3.63, 3.8) is 0 Å². The average molecular weight is 226 g/mol. The van der Waals surface area contributed by atoms with Crippen molar-refractivity contribution < 1.29 is 14.7 Å². The zero-order valence-corrected chi connectivity index (χ0v) is 9.67. The highest BCUT2D eigenvalue weighted by Crippen LogP contribution is 2.39. The van der Waals surface area contributed by atoms with Gasteiger partial charge in [0.25, 0.3) is 0 Å². The molecule has 2 saturated carbocycles. The summed E-state index contributed by atoms with van der Waals surface area (Å²) in [6.45, 7) is 3.95. The molecule has 0 aromatic rings. The molecule has 0 radical (unpaired) electrons. The minimum absolute atomic E-state index is 0.237. The highest BCUT2D eigenvalue weighted by atomic mass is 16.4. The standard InChI is InChI=1S/C11H18N2O3/c1-10(2,7-3-4-7)12-9(16)13-11(5-6-11)8(14)15/h7H,3-6H2,1-2H3,(H,14,15)(H2,12,13,16). The smallest absolute Gasteiger partial charge is 0.329 e. The van der Waals surface area contributed by atoms with Crippen LogP contribution in [0.2, 0.25) is 0 Å². The van der Waals surface area contributed by atoms with Crippen molar-refractivity contribution in [2.24, 2.45) is 5.92 Å². The molecule has 16 heavy (non-hydrogen) atoms. The maximum Gasteiger partial charge on any atom is 0.329 e. The monoisotopic (exact) mass is 226 g/mol. The van der Waals surface area contributed by atoms with E-state index < -0.39 is 11.5 Å². The van der Waals surface area contributed by atoms with Gasteiger partial charge in [-0.15, -0.1) is 0 Å². The van der Waals surface area contributed by atoms with Crippen LogP contribution in [0.3, 0.4) is 0 Å². The number of carbonyl (C=O) groups excluding carboxylic acids is 1. The number of carboxylic acids is 1. The Hall–Kier alpha value is -1.26. The Morgan fingerprint density at radius 1 is 1.31 bits per heavy atom. The molecule has 2 aliphatic carbocycles. The maximum atomic E-state index is 11.7. The van der Waals surface area contributed by atoms with Gasteiger partial charge in [-0.25, -0.2) is 9.59 Å². The molecule has 0 saturated heterocycles. The second-order valence-electron chi connectivity index (χ2n) is 5.46. The summed E-state index contributed by atoms with van der Waals surface area (Å²) in [4.78, 5) is 22.6. The van der Waals surface area contributed by atoms with Crippen LogP contribution in [0.4, 0.5) is 4.79 Å². The summed E-state index contributed by atoms with van der Waals surface area (Å²) in [5.41, 5.74) is -1.23. The molecule has 0 aromatic carbocycles. The van der Waals surface area contributed by atoms with Gasteiger partial charge in [0.05, 0.1) is 0 Å². The first-order valence-electron chi connectivity index (χ1n) is 5.69. The summed E-state index contributed by atoms with van der Waals surface area (Å²) in [6, 6.07) is -0.364. The van der Waals surface area contributed by atoms with Crippen LogP contribution in [0.15, 0.2) is 0 Å². The molecule has 0 bridgehead atoms. The second kappa shape index (κ2) is 3.37. The van der Waals surface area contributed by atoms with E-state index in [1.165, 1.54) is 0 Å². The van der Waals surface area contributed by atoms with Crippen molar-refractivity contribution in [2.75, 3.05) is 0 Å². The molecule has 2 rings (SSSR count). The number of nitrogens with one attached hydrogen (secondary N) is 2. The molecule has 2 fully saturated rings. The highest BCUT2D eigenvalue weighted by Gasteiger charge is 2.52. The number of hydrogen-bond donors (Lipinski definition) is 3. The van der Waals surface area contributed by atoms with Crippen molar-refractivity contribution >= 4 is 12.0 Å². The number of amides is 2. The van der Waals surface area contributed by atoms with E-state index in [0.29, 0.717) is 18.8 Å². The highest BCUT2D eigenvalue weighted by molar-refractivity contribution is 5.89. The van der Waals surface area contributed by atoms with Crippen LogP contribution in [0, 0.1) is 5.92 Å². The van der Waals surface area contributed by atoms with E-state index in [1.54, 1.807) is 0 Å². The fourth-order valence-corrected chi connectivity index (χ4v) is 1.97. The molecule has 2 amide bonds. The summed E-state index contributed by atoms with van der Waals surface area (Å²) >= 11 is 0. The minimum Gasteiger partial charge on any atom is -0.480 e. The molecule has 0 spiro atoms. The predicted molar refractivity (Wildman–Crippen MR) is 58.1 cm³/mol. The molecular formula is C11H18N2O3. The first kappa shape index (κ1) is 11.2. The Labute approximate surface area is 94.6 Å². The third kappa shape index (κ3) is 2.13. The lowest BCUT2D eigenvalue weighted by Gasteiger charge is -2.27. The number of hydrogen-bond acceptors (Lipinski definition) is 2. The van der Waals surface area contributed by atoms with E-state index in [1.807, 2.05) is 13.8 Å². The van der Waals surface area contributed by atoms with Gasteiger partial charge in [-0.2, -0.15) is 0 Å². The summed E-state index contributed by atoms with van der Waals surface area (Å²) in [5, 5.41) is 14.3. The van der Waals surface area contributed by atoms with Gasteiger partial charge in [0.15, 0.2) is 0 Å². The van der Waals surface area contributed by atoms with Crippen molar-refractivity contribution in [3.05, 3.63) is 0 Å². The fraction of sp³-hybridized carbons (Fsp3) is 0.818. The lowest BCUT2D eigenvalue weighted by molar-refractivity contribution is -0.140. The van der Waals surface area contributed by atoms with Gasteiger partial charge in [0.2, 0.25) is 0 Å². The molecule has 0 aromatic heterocycles. The lowest BCUT2D eigenvalue weighted by atomic mass is 9.99. The molecule has 0 heterocycles. The van der Waals surface area contributed by atoms with Gasteiger partial charge in [0, 0.05) is 5.54 Å². The van der Waals surface area contributed by atoms with Crippen LogP contribution in [0.1, 0.15) is 39.5 Å². The first-order chi connectivity index (χ1) is 7.36. The maximum absolute atomic E-state index is 11.7. The van der Waals surface area contributed by atoms with Crippen molar-refractivity contribution in [1.82, 2.24) is 10.6 Å². The van der Waals surface area contributed by atoms with Gasteiger partial charge >= 0.3 is 12.0 Å². The quantitative estimate of drug-likeness (QED) is 0.671. The first-order valence-corrected chi connectivity index (χ1v) is 5.69. The Bertz CT molecular complexity index is 330. The van der Waals surface area contributed by atoms with Crippen molar-refractivity contribution in [2.45, 2.75) is 50.6 Å². The number of rotatable bonds is 4. The van der Waals surface area contributed by atoms with Crippen molar-refractivity contribution in [1.29, 1.82) is 0 Å². The zero-order chi connectivity index (χ0) is 12.0. The molecule has 90 valence electrons. The van der Waals surface area contributed by atoms with Gasteiger partial charge < -0.3 is 15.7 Å². The molecule has 5 heteroatoms. The van der Waals surface area contributed by atoms with E-state index in [9.17, 15) is 9.59 Å².